The lowest BCUT2D eigenvalue weighted by Gasteiger charge is -2.35. The second-order valence-electron chi connectivity index (χ2n) is 10.6. The van der Waals surface area contributed by atoms with Crippen molar-refractivity contribution in [1.82, 2.24) is 4.98 Å². The molecule has 0 spiro atoms. The zero-order valence-electron chi connectivity index (χ0n) is 21.3. The van der Waals surface area contributed by atoms with Crippen molar-refractivity contribution in [2.45, 2.75) is 97.2 Å². The molecule has 3 N–H and O–H groups in total. The summed E-state index contributed by atoms with van der Waals surface area (Å²) in [5.74, 6) is -2.34. The highest BCUT2D eigenvalue weighted by molar-refractivity contribution is 7.09. The van der Waals surface area contributed by atoms with Crippen molar-refractivity contribution in [2.24, 2.45) is 17.3 Å². The highest BCUT2D eigenvalue weighted by atomic mass is 32.1. The van der Waals surface area contributed by atoms with Gasteiger partial charge in [-0.2, -0.15) is 0 Å². The Labute approximate surface area is 211 Å². The number of hydrogen-bond donors (Lipinski definition) is 3. The van der Waals surface area contributed by atoms with Gasteiger partial charge in [0.1, 0.15) is 11.9 Å². The van der Waals surface area contributed by atoms with Crippen molar-refractivity contribution in [2.75, 3.05) is 6.61 Å². The highest BCUT2D eigenvalue weighted by Crippen LogP contribution is 2.36. The standard InChI is InChI=1S/C26H39NO7S/c1-14-7-6-8-19-21(33-19)10-20(15(2)9-17-13-35-16(3)27-17)34-23(30)11-22(29)26(4,5)25(32)18(12-28)24(14)31/h9,13-14,18-22,24,28-29,31H,6-8,10-12H2,1-5H3/b15-9+. The molecule has 1 aromatic heterocycles. The molecule has 1 aromatic rings. The summed E-state index contributed by atoms with van der Waals surface area (Å²) in [5.41, 5.74) is 0.282. The molecular weight excluding hydrogens is 470 g/mol. The number of esters is 1. The number of rotatable bonds is 3. The fraction of sp³-hybridized carbons (Fsp3) is 0.731. The largest absolute Gasteiger partial charge is 0.458 e. The third kappa shape index (κ3) is 6.98. The number of ketones is 1. The number of Topliss-reactive ketones (excluding diaryl/α,β-unsaturated/α-hetero) is 1. The summed E-state index contributed by atoms with van der Waals surface area (Å²) in [6.07, 6.45) is 1.43. The number of ether oxygens (including phenoxy) is 2. The molecule has 9 heteroatoms. The topological polar surface area (TPSA) is 129 Å². The van der Waals surface area contributed by atoms with Gasteiger partial charge in [-0.3, -0.25) is 9.59 Å². The molecule has 8 nitrogen and oxygen atoms in total. The van der Waals surface area contributed by atoms with Crippen molar-refractivity contribution in [3.05, 3.63) is 21.7 Å². The minimum absolute atomic E-state index is 0.0328. The van der Waals surface area contributed by atoms with Crippen molar-refractivity contribution < 1.29 is 34.4 Å². The molecule has 0 bridgehead atoms. The van der Waals surface area contributed by atoms with Crippen LogP contribution in [-0.4, -0.2) is 69.2 Å². The minimum atomic E-state index is -1.35. The van der Waals surface area contributed by atoms with Crippen LogP contribution in [0.15, 0.2) is 11.0 Å². The van der Waals surface area contributed by atoms with Crippen molar-refractivity contribution in [3.8, 4) is 0 Å². The van der Waals surface area contributed by atoms with E-state index in [0.717, 1.165) is 29.1 Å². The van der Waals surface area contributed by atoms with Crippen LogP contribution in [0.3, 0.4) is 0 Å². The van der Waals surface area contributed by atoms with Crippen LogP contribution in [0.1, 0.15) is 70.5 Å². The van der Waals surface area contributed by atoms with E-state index in [9.17, 15) is 24.9 Å². The number of thiazole rings is 1. The van der Waals surface area contributed by atoms with E-state index in [0.29, 0.717) is 12.8 Å². The Hall–Kier alpha value is -1.65. The van der Waals surface area contributed by atoms with Gasteiger partial charge in [0.15, 0.2) is 0 Å². The molecule has 7 unspecified atom stereocenters. The van der Waals surface area contributed by atoms with E-state index in [-0.39, 0.29) is 24.5 Å². The number of epoxide rings is 1. The molecule has 2 fully saturated rings. The average Bonchev–Trinajstić information content (AvgIpc) is 3.40. The summed E-state index contributed by atoms with van der Waals surface area (Å²) in [6.45, 7) is 8.22. The van der Waals surface area contributed by atoms with Gasteiger partial charge < -0.3 is 24.8 Å². The molecule has 7 atom stereocenters. The van der Waals surface area contributed by atoms with Gasteiger partial charge >= 0.3 is 5.97 Å². The lowest BCUT2D eigenvalue weighted by Crippen LogP contribution is -2.48. The van der Waals surface area contributed by atoms with Crippen LogP contribution >= 0.6 is 11.3 Å². The van der Waals surface area contributed by atoms with Gasteiger partial charge in [0.05, 0.1) is 59.5 Å². The predicted octanol–water partition coefficient (Wildman–Crippen LogP) is 3.06. The fourth-order valence-corrected chi connectivity index (χ4v) is 5.34. The number of fused-ring (bicyclic) bond motifs is 1. The quantitative estimate of drug-likeness (QED) is 0.419. The number of aryl methyl sites for hydroxylation is 1. The van der Waals surface area contributed by atoms with Crippen LogP contribution in [0.5, 0.6) is 0 Å². The normalized spacial score (nSPS) is 35.3. The van der Waals surface area contributed by atoms with Crippen LogP contribution in [0.2, 0.25) is 0 Å². The first-order valence-corrected chi connectivity index (χ1v) is 13.3. The van der Waals surface area contributed by atoms with Crippen LogP contribution in [0.4, 0.5) is 0 Å². The van der Waals surface area contributed by atoms with E-state index in [2.05, 4.69) is 4.98 Å². The van der Waals surface area contributed by atoms with Gasteiger partial charge in [0, 0.05) is 11.8 Å². The SMILES string of the molecule is C/C(=C\c1csc(C)n1)C1CC2OC2CCCC(C)C(O)C(CO)C(=O)C(C)(C)C(O)CC(=O)O1. The molecule has 35 heavy (non-hydrogen) atoms. The lowest BCUT2D eigenvalue weighted by molar-refractivity contribution is -0.155. The van der Waals surface area contributed by atoms with Gasteiger partial charge in [-0.15, -0.1) is 11.3 Å². The smallest absolute Gasteiger partial charge is 0.309 e. The maximum atomic E-state index is 13.2. The summed E-state index contributed by atoms with van der Waals surface area (Å²) >= 11 is 1.54. The number of hydrogen-bond acceptors (Lipinski definition) is 9. The first-order chi connectivity index (χ1) is 16.4. The molecule has 2 aliphatic heterocycles. The Balaban J connectivity index is 1.83. The van der Waals surface area contributed by atoms with Crippen molar-refractivity contribution in [1.29, 1.82) is 0 Å². The van der Waals surface area contributed by atoms with Gasteiger partial charge in [-0.25, -0.2) is 4.98 Å². The maximum Gasteiger partial charge on any atom is 0.309 e. The maximum absolute atomic E-state index is 13.2. The Kier molecular flexibility index (Phi) is 9.26. The summed E-state index contributed by atoms with van der Waals surface area (Å²) in [7, 11) is 0. The van der Waals surface area contributed by atoms with Crippen LogP contribution in [0.25, 0.3) is 6.08 Å². The zero-order chi connectivity index (χ0) is 25.9. The number of cyclic esters (lactones) is 1. The van der Waals surface area contributed by atoms with Crippen LogP contribution < -0.4 is 0 Å². The first kappa shape index (κ1) is 27.9. The first-order valence-electron chi connectivity index (χ1n) is 12.4. The summed E-state index contributed by atoms with van der Waals surface area (Å²) in [5, 5.41) is 34.4. The van der Waals surface area contributed by atoms with Crippen LogP contribution in [0, 0.1) is 24.2 Å². The molecule has 3 heterocycles. The molecule has 0 amide bonds. The van der Waals surface area contributed by atoms with Gasteiger partial charge in [0.2, 0.25) is 0 Å². The Bertz CT molecular complexity index is 927. The summed E-state index contributed by atoms with van der Waals surface area (Å²) in [4.78, 5) is 30.6. The number of aromatic nitrogens is 1. The third-order valence-corrected chi connectivity index (χ3v) is 8.22. The molecule has 0 saturated carbocycles. The molecule has 0 aromatic carbocycles. The van der Waals surface area contributed by atoms with E-state index in [1.54, 1.807) is 11.3 Å². The molecule has 0 radical (unpaired) electrons. The molecule has 3 rings (SSSR count). The number of carbonyl (C=O) groups is 2. The molecule has 2 saturated heterocycles. The summed E-state index contributed by atoms with van der Waals surface area (Å²) < 4.78 is 11.6. The summed E-state index contributed by atoms with van der Waals surface area (Å²) in [6, 6.07) is 0. The monoisotopic (exact) mass is 509 g/mol. The number of aliphatic hydroxyl groups excluding tert-OH is 3. The lowest BCUT2D eigenvalue weighted by atomic mass is 9.72. The van der Waals surface area contributed by atoms with Gasteiger partial charge in [-0.05, 0) is 44.3 Å². The third-order valence-electron chi connectivity index (χ3n) is 7.43. The predicted molar refractivity (Wildman–Crippen MR) is 133 cm³/mol. The highest BCUT2D eigenvalue weighted by Gasteiger charge is 2.45. The van der Waals surface area contributed by atoms with E-state index in [4.69, 9.17) is 9.47 Å². The van der Waals surface area contributed by atoms with E-state index < -0.39 is 48.0 Å². The molecular formula is C26H39NO7S. The van der Waals surface area contributed by atoms with E-state index in [1.165, 1.54) is 13.8 Å². The molecule has 2 aliphatic rings. The number of aliphatic hydroxyl groups is 3. The minimum Gasteiger partial charge on any atom is -0.458 e. The Morgan fingerprint density at radius 1 is 1.26 bits per heavy atom. The number of nitrogens with zero attached hydrogens (tertiary/aromatic N) is 1. The second-order valence-corrected chi connectivity index (χ2v) is 11.7. The Morgan fingerprint density at radius 3 is 2.60 bits per heavy atom. The molecule has 196 valence electrons. The van der Waals surface area contributed by atoms with E-state index in [1.807, 2.05) is 32.2 Å². The second kappa shape index (κ2) is 11.6. The fourth-order valence-electron chi connectivity index (χ4n) is 4.77. The van der Waals surface area contributed by atoms with Crippen molar-refractivity contribution >= 4 is 29.2 Å². The average molecular weight is 510 g/mol. The number of carbonyl (C=O) groups excluding carboxylic acids is 2. The van der Waals surface area contributed by atoms with Crippen molar-refractivity contribution in [3.63, 3.8) is 0 Å². The molecule has 0 aliphatic carbocycles. The zero-order valence-corrected chi connectivity index (χ0v) is 22.1. The van der Waals surface area contributed by atoms with Gasteiger partial charge in [-0.1, -0.05) is 27.2 Å². The van der Waals surface area contributed by atoms with Gasteiger partial charge in [0.25, 0.3) is 0 Å². The van der Waals surface area contributed by atoms with Crippen LogP contribution in [-0.2, 0) is 19.1 Å². The van der Waals surface area contributed by atoms with E-state index >= 15 is 0 Å². The Morgan fingerprint density at radius 2 is 1.97 bits per heavy atom.